The summed E-state index contributed by atoms with van der Waals surface area (Å²) >= 11 is 0. The number of nitrogens with zero attached hydrogens (tertiary/aromatic N) is 1. The van der Waals surface area contributed by atoms with Crippen molar-refractivity contribution >= 4 is 5.91 Å². The maximum Gasteiger partial charge on any atom is 0.263 e. The summed E-state index contributed by atoms with van der Waals surface area (Å²) in [5.41, 5.74) is 0. The lowest BCUT2D eigenvalue weighted by Gasteiger charge is -2.38. The molecule has 130 valence electrons. The average molecular weight is 320 g/mol. The van der Waals surface area contributed by atoms with Crippen LogP contribution in [0.4, 0.5) is 8.78 Å². The highest BCUT2D eigenvalue weighted by atomic mass is 19.3. The lowest BCUT2D eigenvalue weighted by molar-refractivity contribution is -0.132. The second-order valence-electron chi connectivity index (χ2n) is 6.74. The summed E-state index contributed by atoms with van der Waals surface area (Å²) in [6.07, 6.45) is 1.71. The number of likely N-dealkylation sites (tertiary alicyclic amines) is 1. The van der Waals surface area contributed by atoms with Gasteiger partial charge in [-0.2, -0.15) is 0 Å². The molecule has 1 unspecified atom stereocenters. The Hall–Kier alpha value is -0.750. The van der Waals surface area contributed by atoms with E-state index in [0.717, 1.165) is 0 Å². The fourth-order valence-corrected chi connectivity index (χ4v) is 2.77. The lowest BCUT2D eigenvalue weighted by Crippen LogP contribution is -2.51. The van der Waals surface area contributed by atoms with Crippen LogP contribution in [0.2, 0.25) is 0 Å². The molecule has 0 aromatic carbocycles. The molecular formula is C16H30F2N2O2. The van der Waals surface area contributed by atoms with Gasteiger partial charge in [-0.15, -0.1) is 0 Å². The summed E-state index contributed by atoms with van der Waals surface area (Å²) in [6.45, 7) is 8.41. The molecule has 0 radical (unpaired) electrons. The van der Waals surface area contributed by atoms with Crippen LogP contribution >= 0.6 is 0 Å². The van der Waals surface area contributed by atoms with Crippen molar-refractivity contribution < 1.29 is 18.3 Å². The van der Waals surface area contributed by atoms with E-state index >= 15 is 0 Å². The highest BCUT2D eigenvalue weighted by Gasteiger charge is 2.44. The molecule has 1 fully saturated rings. The van der Waals surface area contributed by atoms with Gasteiger partial charge in [-0.1, -0.05) is 0 Å². The largest absolute Gasteiger partial charge is 0.379 e. The van der Waals surface area contributed by atoms with Crippen molar-refractivity contribution in [1.82, 2.24) is 10.2 Å². The minimum atomic E-state index is -2.73. The van der Waals surface area contributed by atoms with E-state index in [0.29, 0.717) is 32.4 Å². The van der Waals surface area contributed by atoms with E-state index in [1.807, 2.05) is 27.7 Å². The van der Waals surface area contributed by atoms with Gasteiger partial charge in [-0.3, -0.25) is 9.69 Å². The van der Waals surface area contributed by atoms with Crippen LogP contribution in [0.3, 0.4) is 0 Å². The average Bonchev–Trinajstić information content (AvgIpc) is 2.34. The number of carbonyl (C=O) groups excluding carboxylic acids is 1. The van der Waals surface area contributed by atoms with Gasteiger partial charge in [-0.25, -0.2) is 8.78 Å². The van der Waals surface area contributed by atoms with Crippen molar-refractivity contribution in [3.63, 3.8) is 0 Å². The van der Waals surface area contributed by atoms with Crippen LogP contribution in [0.15, 0.2) is 0 Å². The first kappa shape index (κ1) is 19.3. The molecule has 0 saturated carbocycles. The van der Waals surface area contributed by atoms with Crippen molar-refractivity contribution in [1.29, 1.82) is 0 Å². The molecule has 1 saturated heterocycles. The molecule has 1 amide bonds. The first-order valence-corrected chi connectivity index (χ1v) is 8.22. The van der Waals surface area contributed by atoms with E-state index in [-0.39, 0.29) is 31.1 Å². The second kappa shape index (κ2) is 8.77. The zero-order valence-electron chi connectivity index (χ0n) is 14.2. The highest BCUT2D eigenvalue weighted by molar-refractivity contribution is 5.78. The third kappa shape index (κ3) is 7.01. The predicted molar refractivity (Wildman–Crippen MR) is 83.1 cm³/mol. The summed E-state index contributed by atoms with van der Waals surface area (Å²) in [7, 11) is 0. The summed E-state index contributed by atoms with van der Waals surface area (Å²) in [5, 5.41) is 2.74. The third-order valence-corrected chi connectivity index (χ3v) is 3.79. The monoisotopic (exact) mass is 320 g/mol. The Bertz CT molecular complexity index is 349. The molecule has 1 heterocycles. The number of carbonyl (C=O) groups is 1. The Morgan fingerprint density at radius 1 is 1.36 bits per heavy atom. The lowest BCUT2D eigenvalue weighted by atomic mass is 9.88. The van der Waals surface area contributed by atoms with Crippen LogP contribution in [0, 0.1) is 5.92 Å². The minimum Gasteiger partial charge on any atom is -0.379 e. The Labute approximate surface area is 132 Å². The maximum absolute atomic E-state index is 14.2. The van der Waals surface area contributed by atoms with Crippen molar-refractivity contribution in [2.45, 2.75) is 65.0 Å². The molecule has 22 heavy (non-hydrogen) atoms. The molecule has 0 aromatic rings. The fourth-order valence-electron chi connectivity index (χ4n) is 2.77. The standard InChI is InChI=1S/C16H30F2N2O2/c1-12(2)19-15(21)10-20-8-7-14(16(17,18)11-20)6-5-9-22-13(3)4/h12-14H,5-11H2,1-4H3,(H,19,21). The molecule has 0 bridgehead atoms. The molecule has 1 atom stereocenters. The number of amides is 1. The van der Waals surface area contributed by atoms with Crippen molar-refractivity contribution in [3.8, 4) is 0 Å². The van der Waals surface area contributed by atoms with Crippen LogP contribution in [-0.4, -0.2) is 55.1 Å². The van der Waals surface area contributed by atoms with E-state index in [2.05, 4.69) is 5.32 Å². The van der Waals surface area contributed by atoms with Gasteiger partial charge in [0.25, 0.3) is 5.92 Å². The van der Waals surface area contributed by atoms with Gasteiger partial charge in [0.15, 0.2) is 0 Å². The minimum absolute atomic E-state index is 0.0338. The second-order valence-corrected chi connectivity index (χ2v) is 6.74. The zero-order valence-corrected chi connectivity index (χ0v) is 14.2. The van der Waals surface area contributed by atoms with E-state index < -0.39 is 11.8 Å². The molecule has 1 rings (SSSR count). The maximum atomic E-state index is 14.2. The molecular weight excluding hydrogens is 290 g/mol. The number of halogens is 2. The van der Waals surface area contributed by atoms with E-state index in [1.54, 1.807) is 4.90 Å². The van der Waals surface area contributed by atoms with Crippen LogP contribution in [0.1, 0.15) is 47.0 Å². The van der Waals surface area contributed by atoms with Crippen LogP contribution in [-0.2, 0) is 9.53 Å². The number of rotatable bonds is 8. The van der Waals surface area contributed by atoms with E-state index in [4.69, 9.17) is 4.74 Å². The quantitative estimate of drug-likeness (QED) is 0.699. The predicted octanol–water partition coefficient (Wildman–Crippen LogP) is 2.67. The Kier molecular flexibility index (Phi) is 7.69. The summed E-state index contributed by atoms with van der Waals surface area (Å²) in [5.74, 6) is -3.52. The van der Waals surface area contributed by atoms with Gasteiger partial charge in [-0.05, 0) is 53.5 Å². The number of nitrogens with one attached hydrogen (secondary N) is 1. The fraction of sp³-hybridized carbons (Fsp3) is 0.938. The SMILES string of the molecule is CC(C)NC(=O)CN1CCC(CCCOC(C)C)C(F)(F)C1. The number of ether oxygens (including phenoxy) is 1. The Balaban J connectivity index is 2.36. The number of hydrogen-bond donors (Lipinski definition) is 1. The van der Waals surface area contributed by atoms with Crippen molar-refractivity contribution in [2.75, 3.05) is 26.2 Å². The van der Waals surface area contributed by atoms with Crippen LogP contribution < -0.4 is 5.32 Å². The molecule has 0 spiro atoms. The van der Waals surface area contributed by atoms with Gasteiger partial charge in [0.1, 0.15) is 0 Å². The molecule has 0 aromatic heterocycles. The highest BCUT2D eigenvalue weighted by Crippen LogP contribution is 2.35. The molecule has 0 aliphatic carbocycles. The van der Waals surface area contributed by atoms with Crippen molar-refractivity contribution in [3.05, 3.63) is 0 Å². The first-order chi connectivity index (χ1) is 10.2. The van der Waals surface area contributed by atoms with E-state index in [1.165, 1.54) is 0 Å². The first-order valence-electron chi connectivity index (χ1n) is 8.22. The topological polar surface area (TPSA) is 41.6 Å². The summed E-state index contributed by atoms with van der Waals surface area (Å²) in [6, 6.07) is 0.0338. The Morgan fingerprint density at radius 2 is 2.05 bits per heavy atom. The number of alkyl halides is 2. The summed E-state index contributed by atoms with van der Waals surface area (Å²) in [4.78, 5) is 13.2. The normalized spacial score (nSPS) is 22.3. The molecule has 6 heteroatoms. The molecule has 1 aliphatic heterocycles. The Morgan fingerprint density at radius 3 is 2.59 bits per heavy atom. The van der Waals surface area contributed by atoms with Gasteiger partial charge >= 0.3 is 0 Å². The van der Waals surface area contributed by atoms with Gasteiger partial charge in [0.2, 0.25) is 5.91 Å². The third-order valence-electron chi connectivity index (χ3n) is 3.79. The van der Waals surface area contributed by atoms with Crippen molar-refractivity contribution in [2.24, 2.45) is 5.92 Å². The smallest absolute Gasteiger partial charge is 0.263 e. The van der Waals surface area contributed by atoms with E-state index in [9.17, 15) is 13.6 Å². The number of hydrogen-bond acceptors (Lipinski definition) is 3. The van der Waals surface area contributed by atoms with Crippen LogP contribution in [0.25, 0.3) is 0 Å². The number of piperidine rings is 1. The molecule has 1 aliphatic rings. The zero-order chi connectivity index (χ0) is 16.8. The van der Waals surface area contributed by atoms with Crippen LogP contribution in [0.5, 0.6) is 0 Å². The molecule has 1 N–H and O–H groups in total. The molecule has 4 nitrogen and oxygen atoms in total. The van der Waals surface area contributed by atoms with Gasteiger partial charge in [0, 0.05) is 18.6 Å². The van der Waals surface area contributed by atoms with Gasteiger partial charge in [0.05, 0.1) is 19.2 Å². The summed E-state index contributed by atoms with van der Waals surface area (Å²) < 4.78 is 33.8. The van der Waals surface area contributed by atoms with Gasteiger partial charge < -0.3 is 10.1 Å².